The Kier molecular flexibility index (Phi) is 2.50. The SMILES string of the molecule is C1=C\[N]CCCCC/1. The van der Waals surface area contributed by atoms with Crippen LogP contribution in [0.3, 0.4) is 0 Å². The quantitative estimate of drug-likeness (QED) is 0.450. The minimum absolute atomic E-state index is 1.04. The average Bonchev–Trinajstić information content (AvgIpc) is 1.62. The summed E-state index contributed by atoms with van der Waals surface area (Å²) < 4.78 is 0. The molecule has 0 aromatic rings. The van der Waals surface area contributed by atoms with Crippen LogP contribution >= 0.6 is 0 Å². The van der Waals surface area contributed by atoms with Crippen molar-refractivity contribution in [1.29, 1.82) is 0 Å². The van der Waals surface area contributed by atoms with E-state index in [2.05, 4.69) is 11.4 Å². The van der Waals surface area contributed by atoms with Crippen molar-refractivity contribution in [2.75, 3.05) is 6.54 Å². The van der Waals surface area contributed by atoms with E-state index in [1.807, 2.05) is 6.20 Å². The molecular formula is C7H12N. The van der Waals surface area contributed by atoms with E-state index >= 15 is 0 Å². The van der Waals surface area contributed by atoms with Gasteiger partial charge in [0.05, 0.1) is 0 Å². The van der Waals surface area contributed by atoms with Crippen LogP contribution in [0.25, 0.3) is 0 Å². The number of hydrogen-bond acceptors (Lipinski definition) is 0. The summed E-state index contributed by atoms with van der Waals surface area (Å²) in [5.74, 6) is 0. The maximum absolute atomic E-state index is 4.15. The molecule has 1 aliphatic rings. The predicted molar refractivity (Wildman–Crippen MR) is 34.6 cm³/mol. The maximum atomic E-state index is 4.15. The highest BCUT2D eigenvalue weighted by Gasteiger charge is 1.89. The van der Waals surface area contributed by atoms with Crippen LogP contribution in [-0.4, -0.2) is 6.54 Å². The second-order valence-corrected chi connectivity index (χ2v) is 2.14. The highest BCUT2D eigenvalue weighted by atomic mass is 14.8. The van der Waals surface area contributed by atoms with Gasteiger partial charge in [0.2, 0.25) is 0 Å². The Balaban J connectivity index is 2.17. The lowest BCUT2D eigenvalue weighted by Crippen LogP contribution is -1.99. The van der Waals surface area contributed by atoms with Gasteiger partial charge in [-0.25, -0.2) is 0 Å². The molecule has 0 aliphatic carbocycles. The number of nitrogens with zero attached hydrogens (tertiary/aromatic N) is 1. The van der Waals surface area contributed by atoms with Crippen LogP contribution in [0.2, 0.25) is 0 Å². The summed E-state index contributed by atoms with van der Waals surface area (Å²) in [6, 6.07) is 0. The molecule has 1 aliphatic heterocycles. The minimum Gasteiger partial charge on any atom is -0.294 e. The first-order valence-electron chi connectivity index (χ1n) is 3.32. The van der Waals surface area contributed by atoms with Gasteiger partial charge in [0, 0.05) is 12.7 Å². The molecule has 1 nitrogen and oxygen atoms in total. The molecule has 1 radical (unpaired) electrons. The van der Waals surface area contributed by atoms with Gasteiger partial charge >= 0.3 is 0 Å². The van der Waals surface area contributed by atoms with Crippen molar-refractivity contribution in [3.63, 3.8) is 0 Å². The van der Waals surface area contributed by atoms with E-state index in [1.54, 1.807) is 0 Å². The Labute approximate surface area is 50.8 Å². The van der Waals surface area contributed by atoms with Crippen LogP contribution in [0, 0.1) is 0 Å². The van der Waals surface area contributed by atoms with Crippen LogP contribution in [0.15, 0.2) is 12.3 Å². The molecule has 1 rings (SSSR count). The smallest absolute Gasteiger partial charge is 0.0389 e. The summed E-state index contributed by atoms with van der Waals surface area (Å²) in [7, 11) is 0. The number of rotatable bonds is 0. The molecule has 8 heavy (non-hydrogen) atoms. The largest absolute Gasteiger partial charge is 0.294 e. The van der Waals surface area contributed by atoms with Gasteiger partial charge in [-0.3, -0.25) is 5.32 Å². The summed E-state index contributed by atoms with van der Waals surface area (Å²) in [6.07, 6.45) is 9.31. The van der Waals surface area contributed by atoms with Crippen LogP contribution in [0.5, 0.6) is 0 Å². The van der Waals surface area contributed by atoms with E-state index in [-0.39, 0.29) is 0 Å². The fraction of sp³-hybridized carbons (Fsp3) is 0.714. The van der Waals surface area contributed by atoms with Crippen LogP contribution < -0.4 is 5.32 Å². The van der Waals surface area contributed by atoms with E-state index in [1.165, 1.54) is 25.7 Å². The number of hydrogen-bond donors (Lipinski definition) is 0. The summed E-state index contributed by atoms with van der Waals surface area (Å²) in [5, 5.41) is 4.15. The Hall–Kier alpha value is -0.460. The predicted octanol–water partition coefficient (Wildman–Crippen LogP) is 1.68. The van der Waals surface area contributed by atoms with E-state index in [4.69, 9.17) is 0 Å². The van der Waals surface area contributed by atoms with Gasteiger partial charge in [-0.2, -0.15) is 0 Å². The van der Waals surface area contributed by atoms with Crippen molar-refractivity contribution in [3.05, 3.63) is 12.3 Å². The van der Waals surface area contributed by atoms with Crippen LogP contribution in [0.4, 0.5) is 0 Å². The van der Waals surface area contributed by atoms with Crippen molar-refractivity contribution in [2.45, 2.75) is 25.7 Å². The Bertz CT molecular complexity index is 66.5. The second-order valence-electron chi connectivity index (χ2n) is 2.14. The zero-order valence-corrected chi connectivity index (χ0v) is 5.14. The van der Waals surface area contributed by atoms with Crippen LogP contribution in [-0.2, 0) is 0 Å². The monoisotopic (exact) mass is 110 g/mol. The first-order valence-corrected chi connectivity index (χ1v) is 3.32. The summed E-state index contributed by atoms with van der Waals surface area (Å²) in [4.78, 5) is 0. The average molecular weight is 110 g/mol. The lowest BCUT2D eigenvalue weighted by Gasteiger charge is -2.00. The molecule has 0 bridgehead atoms. The third-order valence-electron chi connectivity index (χ3n) is 1.37. The van der Waals surface area contributed by atoms with E-state index < -0.39 is 0 Å². The second kappa shape index (κ2) is 3.53. The molecule has 0 atom stereocenters. The lowest BCUT2D eigenvalue weighted by atomic mass is 10.2. The molecule has 0 fully saturated rings. The Morgan fingerprint density at radius 2 is 2.12 bits per heavy atom. The first kappa shape index (κ1) is 5.67. The molecule has 1 heteroatoms. The Morgan fingerprint density at radius 1 is 1.12 bits per heavy atom. The van der Waals surface area contributed by atoms with Gasteiger partial charge in [-0.05, 0) is 19.3 Å². The molecule has 0 unspecified atom stereocenters. The molecule has 45 valence electrons. The topological polar surface area (TPSA) is 14.1 Å². The van der Waals surface area contributed by atoms with Crippen molar-refractivity contribution >= 4 is 0 Å². The molecule has 0 N–H and O–H groups in total. The summed E-state index contributed by atoms with van der Waals surface area (Å²) >= 11 is 0. The highest BCUT2D eigenvalue weighted by Crippen LogP contribution is 2.02. The molecule has 0 aromatic carbocycles. The molecule has 0 amide bonds. The molecule has 1 heterocycles. The van der Waals surface area contributed by atoms with Crippen molar-refractivity contribution in [2.24, 2.45) is 0 Å². The van der Waals surface area contributed by atoms with Crippen LogP contribution in [0.1, 0.15) is 25.7 Å². The Morgan fingerprint density at radius 3 is 3.12 bits per heavy atom. The first-order chi connectivity index (χ1) is 4.00. The fourth-order valence-electron chi connectivity index (χ4n) is 0.866. The van der Waals surface area contributed by atoms with E-state index in [0.29, 0.717) is 0 Å². The summed E-state index contributed by atoms with van der Waals surface area (Å²) in [5.41, 5.74) is 0. The zero-order chi connectivity index (χ0) is 5.66. The molecular weight excluding hydrogens is 98.1 g/mol. The van der Waals surface area contributed by atoms with Crippen molar-refractivity contribution in [1.82, 2.24) is 5.32 Å². The fourth-order valence-corrected chi connectivity index (χ4v) is 0.866. The van der Waals surface area contributed by atoms with Gasteiger partial charge < -0.3 is 0 Å². The van der Waals surface area contributed by atoms with E-state index in [9.17, 15) is 0 Å². The number of allylic oxidation sites excluding steroid dienone is 1. The summed E-state index contributed by atoms with van der Waals surface area (Å²) in [6.45, 7) is 1.04. The van der Waals surface area contributed by atoms with Crippen molar-refractivity contribution in [3.8, 4) is 0 Å². The third kappa shape index (κ3) is 2.01. The van der Waals surface area contributed by atoms with Gasteiger partial charge in [-0.15, -0.1) is 0 Å². The standard InChI is InChI=1S/C7H12N/c1-2-4-6-8-7-5-3-1/h4,6H,1-3,5,7H2/b6-4-. The van der Waals surface area contributed by atoms with Gasteiger partial charge in [0.15, 0.2) is 0 Å². The maximum Gasteiger partial charge on any atom is 0.0389 e. The lowest BCUT2D eigenvalue weighted by molar-refractivity contribution is 0.638. The normalized spacial score (nSPS) is 25.0. The van der Waals surface area contributed by atoms with Gasteiger partial charge in [-0.1, -0.05) is 12.5 Å². The van der Waals surface area contributed by atoms with Gasteiger partial charge in [0.1, 0.15) is 0 Å². The molecule has 0 aromatic heterocycles. The van der Waals surface area contributed by atoms with Crippen molar-refractivity contribution < 1.29 is 0 Å². The van der Waals surface area contributed by atoms with E-state index in [0.717, 1.165) is 6.54 Å². The highest BCUT2D eigenvalue weighted by molar-refractivity contribution is 4.80. The molecule has 0 saturated heterocycles. The molecule has 0 spiro atoms. The third-order valence-corrected chi connectivity index (χ3v) is 1.37. The zero-order valence-electron chi connectivity index (χ0n) is 5.14. The molecule has 0 saturated carbocycles. The van der Waals surface area contributed by atoms with Gasteiger partial charge in [0.25, 0.3) is 0 Å². The minimum atomic E-state index is 1.04.